The van der Waals surface area contributed by atoms with Gasteiger partial charge >= 0.3 is 33.5 Å². The summed E-state index contributed by atoms with van der Waals surface area (Å²) < 4.78 is 0. The van der Waals surface area contributed by atoms with Crippen LogP contribution in [-0.2, 0) is 13.4 Å². The Morgan fingerprint density at radius 1 is 1.00 bits per heavy atom. The second-order valence-corrected chi connectivity index (χ2v) is 12.0. The first-order chi connectivity index (χ1) is 15.1. The van der Waals surface area contributed by atoms with Crippen LogP contribution < -0.4 is 0 Å². The van der Waals surface area contributed by atoms with E-state index in [4.69, 9.17) is 25.8 Å². The second-order valence-electron chi connectivity index (χ2n) is 9.90. The molecule has 0 aromatic heterocycles. The maximum atomic E-state index is 9.00. The Morgan fingerprint density at radius 2 is 1.56 bits per heavy atom. The van der Waals surface area contributed by atoms with Crippen LogP contribution in [0.25, 0.3) is 11.3 Å². The van der Waals surface area contributed by atoms with Crippen LogP contribution in [-0.4, -0.2) is 0 Å². The van der Waals surface area contributed by atoms with Gasteiger partial charge in [-0.3, -0.25) is 0 Å². The average molecular weight is 510 g/mol. The molecule has 0 radical (unpaired) electrons. The van der Waals surface area contributed by atoms with Crippen molar-refractivity contribution in [3.8, 4) is 0 Å². The number of nitrogens with one attached hydrogen (secondary N) is 1. The van der Waals surface area contributed by atoms with Crippen molar-refractivity contribution in [3.05, 3.63) is 94.9 Å². The van der Waals surface area contributed by atoms with Crippen LogP contribution in [0.1, 0.15) is 53.5 Å². The number of hydrogen-bond donors (Lipinski definition) is 0. The molecule has 1 aromatic carbocycles. The van der Waals surface area contributed by atoms with E-state index in [-0.39, 0.29) is 24.7 Å². The molecule has 32 heavy (non-hydrogen) atoms. The molecule has 0 saturated heterocycles. The minimum atomic E-state index is -0.181. The molecule has 1 atom stereocenters. The molecule has 3 rings (SSSR count). The Balaban J connectivity index is 0.00000114. The van der Waals surface area contributed by atoms with Crippen molar-refractivity contribution >= 4 is 25.7 Å². The van der Waals surface area contributed by atoms with Crippen molar-refractivity contribution in [1.82, 2.24) is 0 Å². The van der Waals surface area contributed by atoms with Crippen LogP contribution in [0.15, 0.2) is 83.6 Å². The molecule has 0 saturated carbocycles. The summed E-state index contributed by atoms with van der Waals surface area (Å²) in [7, 11) is 9.65. The minimum absolute atomic E-state index is 0.112. The Hall–Kier alpha value is -1.17. The molecule has 1 unspecified atom stereocenters. The normalized spacial score (nSPS) is 20.1. The third-order valence-corrected chi connectivity index (χ3v) is 6.44. The summed E-state index contributed by atoms with van der Waals surface area (Å²) in [4.78, 5) is 0. The van der Waals surface area contributed by atoms with Gasteiger partial charge in [-0.1, -0.05) is 114 Å². The summed E-state index contributed by atoms with van der Waals surface area (Å²) in [6.07, 6.45) is 14.5. The van der Waals surface area contributed by atoms with Gasteiger partial charge in [-0.15, -0.1) is 0 Å². The summed E-state index contributed by atoms with van der Waals surface area (Å²) in [6, 6.07) is 10.8. The number of allylic oxidation sites excluding steroid dienone is 9. The Kier molecular flexibility index (Phi) is 10.4. The Bertz CT molecular complexity index is 893. The molecule has 1 aromatic rings. The number of hydrogen-bond acceptors (Lipinski definition) is 0. The fourth-order valence-electron chi connectivity index (χ4n) is 4.73. The molecule has 2 aliphatic carbocycles. The summed E-state index contributed by atoms with van der Waals surface area (Å²) in [6.45, 7) is 13.6. The standard InChI is InChI=1S/C28H36N.2ClH.Cr/c1-19(2)23-16-17-24(26(20(3)4)27(23)29)25(21-12-8-7-9-13-21)18-28(5,6)22-14-10-11-15-22;;;/h7-17,19-20,22,26,29H,18H2,1-6H3;2*1H;/q-1;;;+3/p-2. The third kappa shape index (κ3) is 6.68. The van der Waals surface area contributed by atoms with Crippen molar-refractivity contribution in [2.75, 3.05) is 0 Å². The predicted molar refractivity (Wildman–Crippen MR) is 139 cm³/mol. The first kappa shape index (κ1) is 27.1. The Morgan fingerprint density at radius 3 is 2.06 bits per heavy atom. The van der Waals surface area contributed by atoms with Gasteiger partial charge in [-0.25, -0.2) is 0 Å². The molecule has 0 heterocycles. The van der Waals surface area contributed by atoms with Crippen molar-refractivity contribution in [2.45, 2.75) is 48.0 Å². The van der Waals surface area contributed by atoms with Crippen LogP contribution in [0.3, 0.4) is 0 Å². The van der Waals surface area contributed by atoms with Crippen LogP contribution >= 0.6 is 20.1 Å². The van der Waals surface area contributed by atoms with Gasteiger partial charge < -0.3 is 5.73 Å². The van der Waals surface area contributed by atoms with E-state index in [1.165, 1.54) is 22.3 Å². The molecule has 0 fully saturated rings. The topological polar surface area (TPSA) is 23.8 Å². The number of halogens is 2. The van der Waals surface area contributed by atoms with Gasteiger partial charge in [0, 0.05) is 5.92 Å². The molecule has 173 valence electrons. The van der Waals surface area contributed by atoms with Gasteiger partial charge in [0.1, 0.15) is 0 Å². The molecule has 0 amide bonds. The zero-order chi connectivity index (χ0) is 23.9. The SMILES string of the molecule is CC(C)C1=C([NH-])C(C(C)C)C(=C(CC(C)(C)C2C=CC=C2)c2ccccc2)C=C1.[Cl][Cr+][Cl]. The zero-order valence-electron chi connectivity index (χ0n) is 20.0. The number of benzene rings is 1. The van der Waals surface area contributed by atoms with Crippen molar-refractivity contribution < 1.29 is 13.4 Å². The van der Waals surface area contributed by atoms with Gasteiger partial charge in [0.15, 0.2) is 0 Å². The van der Waals surface area contributed by atoms with E-state index < -0.39 is 0 Å². The predicted octanol–water partition coefficient (Wildman–Crippen LogP) is 9.78. The average Bonchev–Trinajstić information content (AvgIpc) is 3.28. The van der Waals surface area contributed by atoms with Crippen LogP contribution in [0, 0.1) is 29.1 Å². The molecule has 2 aliphatic rings. The first-order valence-corrected chi connectivity index (χ1v) is 14.8. The first-order valence-electron chi connectivity index (χ1n) is 11.3. The number of rotatable bonds is 6. The quantitative estimate of drug-likeness (QED) is 0.365. The van der Waals surface area contributed by atoms with E-state index in [1.54, 1.807) is 0 Å². The van der Waals surface area contributed by atoms with E-state index in [0.717, 1.165) is 12.1 Å². The van der Waals surface area contributed by atoms with Gasteiger partial charge in [-0.05, 0) is 46.3 Å². The fourth-order valence-corrected chi connectivity index (χ4v) is 4.73. The van der Waals surface area contributed by atoms with Gasteiger partial charge in [0.25, 0.3) is 0 Å². The molecule has 0 bridgehead atoms. The van der Waals surface area contributed by atoms with Crippen LogP contribution in [0.4, 0.5) is 0 Å². The summed E-state index contributed by atoms with van der Waals surface area (Å²) in [5, 5.41) is 0. The third-order valence-electron chi connectivity index (χ3n) is 6.44. The molecular formula is C28H36Cl2CrN. The van der Waals surface area contributed by atoms with E-state index in [1.807, 2.05) is 0 Å². The summed E-state index contributed by atoms with van der Waals surface area (Å²) >= 11 is -0.181. The van der Waals surface area contributed by atoms with E-state index in [9.17, 15) is 0 Å². The van der Waals surface area contributed by atoms with Crippen molar-refractivity contribution in [3.63, 3.8) is 0 Å². The van der Waals surface area contributed by atoms with Crippen molar-refractivity contribution in [2.24, 2.45) is 29.1 Å². The molecule has 4 heteroatoms. The van der Waals surface area contributed by atoms with E-state index >= 15 is 0 Å². The summed E-state index contributed by atoms with van der Waals surface area (Å²) in [5.41, 5.74) is 15.1. The van der Waals surface area contributed by atoms with E-state index in [2.05, 4.69) is 108 Å². The molecular weight excluding hydrogens is 473 g/mol. The van der Waals surface area contributed by atoms with Crippen LogP contribution in [0.5, 0.6) is 0 Å². The molecule has 0 spiro atoms. The Labute approximate surface area is 210 Å². The summed E-state index contributed by atoms with van der Waals surface area (Å²) in [5.74, 6) is 1.37. The monoisotopic (exact) mass is 508 g/mol. The molecule has 1 N–H and O–H groups in total. The van der Waals surface area contributed by atoms with Gasteiger partial charge in [0.2, 0.25) is 0 Å². The molecule has 1 nitrogen and oxygen atoms in total. The second kappa shape index (κ2) is 12.3. The van der Waals surface area contributed by atoms with Gasteiger partial charge in [0.05, 0.1) is 0 Å². The van der Waals surface area contributed by atoms with Gasteiger partial charge in [-0.2, -0.15) is 5.70 Å². The van der Waals surface area contributed by atoms with Crippen molar-refractivity contribution in [1.29, 1.82) is 0 Å². The van der Waals surface area contributed by atoms with E-state index in [0.29, 0.717) is 17.8 Å². The maximum absolute atomic E-state index is 9.00. The van der Waals surface area contributed by atoms with Crippen LogP contribution in [0.2, 0.25) is 0 Å². The zero-order valence-corrected chi connectivity index (χ0v) is 22.8. The molecule has 0 aliphatic heterocycles. The fraction of sp³-hybridized carbons (Fsp3) is 0.429.